The van der Waals surface area contributed by atoms with E-state index in [1.54, 1.807) is 0 Å². The molecule has 1 unspecified atom stereocenters. The van der Waals surface area contributed by atoms with Gasteiger partial charge in [0.25, 0.3) is 0 Å². The fourth-order valence-corrected chi connectivity index (χ4v) is 3.00. The van der Waals surface area contributed by atoms with Gasteiger partial charge in [-0.15, -0.1) is 0 Å². The molecule has 108 valence electrons. The first-order valence-electron chi connectivity index (χ1n) is 6.68. The van der Waals surface area contributed by atoms with Crippen LogP contribution in [-0.2, 0) is 13.0 Å². The van der Waals surface area contributed by atoms with Crippen LogP contribution in [0.25, 0.3) is 0 Å². The maximum absolute atomic E-state index is 6.38. The molecule has 1 atom stereocenters. The van der Waals surface area contributed by atoms with Crippen LogP contribution in [0.4, 0.5) is 0 Å². The van der Waals surface area contributed by atoms with E-state index in [2.05, 4.69) is 40.9 Å². The Labute approximate surface area is 133 Å². The number of hydrogen-bond donors (Lipinski definition) is 1. The van der Waals surface area contributed by atoms with Crippen LogP contribution >= 0.6 is 27.5 Å². The van der Waals surface area contributed by atoms with Gasteiger partial charge in [0.2, 0.25) is 0 Å². The van der Waals surface area contributed by atoms with Gasteiger partial charge in [-0.05, 0) is 38.0 Å². The number of aromatic nitrogens is 2. The largest absolute Gasteiger partial charge is 0.324 e. The average molecular weight is 357 g/mol. The van der Waals surface area contributed by atoms with Crippen LogP contribution in [0.3, 0.4) is 0 Å². The third kappa shape index (κ3) is 2.92. The number of nitrogens with zero attached hydrogens (tertiary/aromatic N) is 2. The van der Waals surface area contributed by atoms with E-state index >= 15 is 0 Å². The highest BCUT2D eigenvalue weighted by Crippen LogP contribution is 2.28. The van der Waals surface area contributed by atoms with Gasteiger partial charge in [-0.25, -0.2) is 0 Å². The van der Waals surface area contributed by atoms with Crippen molar-refractivity contribution in [3.8, 4) is 0 Å². The molecule has 0 saturated heterocycles. The predicted molar refractivity (Wildman–Crippen MR) is 87.2 cm³/mol. The zero-order valence-electron chi connectivity index (χ0n) is 12.0. The smallest absolute Gasteiger partial charge is 0.0847 e. The third-order valence-corrected chi connectivity index (χ3v) is 4.93. The molecular weight excluding hydrogens is 338 g/mol. The topological polar surface area (TPSA) is 43.8 Å². The SMILES string of the molecule is CCn1nc(C)c(Cl)c1CC(N)c1cccc(Br)c1C. The summed E-state index contributed by atoms with van der Waals surface area (Å²) in [5.74, 6) is 0. The molecule has 0 amide bonds. The van der Waals surface area contributed by atoms with Gasteiger partial charge in [0, 0.05) is 23.5 Å². The molecular formula is C15H19BrClN3. The summed E-state index contributed by atoms with van der Waals surface area (Å²) in [6.45, 7) is 6.85. The Balaban J connectivity index is 2.32. The summed E-state index contributed by atoms with van der Waals surface area (Å²) in [4.78, 5) is 0. The Hall–Kier alpha value is -0.840. The summed E-state index contributed by atoms with van der Waals surface area (Å²) in [5, 5.41) is 5.17. The molecule has 1 aromatic heterocycles. The lowest BCUT2D eigenvalue weighted by molar-refractivity contribution is 0.586. The zero-order chi connectivity index (χ0) is 14.9. The van der Waals surface area contributed by atoms with E-state index < -0.39 is 0 Å². The van der Waals surface area contributed by atoms with Crippen molar-refractivity contribution in [1.82, 2.24) is 9.78 Å². The number of benzene rings is 1. The number of halogens is 2. The van der Waals surface area contributed by atoms with Crippen molar-refractivity contribution in [3.63, 3.8) is 0 Å². The van der Waals surface area contributed by atoms with Gasteiger partial charge < -0.3 is 5.73 Å². The van der Waals surface area contributed by atoms with Crippen molar-refractivity contribution in [1.29, 1.82) is 0 Å². The monoisotopic (exact) mass is 355 g/mol. The van der Waals surface area contributed by atoms with E-state index in [1.807, 2.05) is 23.7 Å². The van der Waals surface area contributed by atoms with Crippen molar-refractivity contribution < 1.29 is 0 Å². The van der Waals surface area contributed by atoms with E-state index in [4.69, 9.17) is 17.3 Å². The molecule has 2 rings (SSSR count). The molecule has 2 N–H and O–H groups in total. The molecule has 5 heteroatoms. The predicted octanol–water partition coefficient (Wildman–Crippen LogP) is 4.18. The maximum Gasteiger partial charge on any atom is 0.0847 e. The summed E-state index contributed by atoms with van der Waals surface area (Å²) in [7, 11) is 0. The summed E-state index contributed by atoms with van der Waals surface area (Å²) >= 11 is 9.89. The quantitative estimate of drug-likeness (QED) is 0.893. The fraction of sp³-hybridized carbons (Fsp3) is 0.400. The minimum absolute atomic E-state index is 0.0913. The second-order valence-corrected chi connectivity index (χ2v) is 6.16. The number of nitrogens with two attached hydrogens (primary N) is 1. The lowest BCUT2D eigenvalue weighted by Crippen LogP contribution is -2.17. The zero-order valence-corrected chi connectivity index (χ0v) is 14.3. The van der Waals surface area contributed by atoms with Crippen LogP contribution < -0.4 is 5.73 Å². The minimum atomic E-state index is -0.0913. The van der Waals surface area contributed by atoms with E-state index in [9.17, 15) is 0 Å². The van der Waals surface area contributed by atoms with Crippen LogP contribution in [0.2, 0.25) is 5.02 Å². The summed E-state index contributed by atoms with van der Waals surface area (Å²) in [5.41, 5.74) is 10.6. The maximum atomic E-state index is 6.38. The van der Waals surface area contributed by atoms with Gasteiger partial charge in [0.05, 0.1) is 16.4 Å². The third-order valence-electron chi connectivity index (χ3n) is 3.58. The number of rotatable bonds is 4. The summed E-state index contributed by atoms with van der Waals surface area (Å²) in [6, 6.07) is 6.01. The molecule has 0 fully saturated rings. The Kier molecular flexibility index (Phi) is 4.89. The van der Waals surface area contributed by atoms with Crippen LogP contribution in [-0.4, -0.2) is 9.78 Å². The van der Waals surface area contributed by atoms with E-state index in [0.717, 1.165) is 33.0 Å². The van der Waals surface area contributed by atoms with Crippen LogP contribution in [0, 0.1) is 13.8 Å². The van der Waals surface area contributed by atoms with Crippen molar-refractivity contribution in [2.24, 2.45) is 5.73 Å². The van der Waals surface area contributed by atoms with E-state index in [0.29, 0.717) is 6.42 Å². The standard InChI is InChI=1S/C15H19BrClN3/c1-4-20-14(15(17)10(3)19-20)8-13(18)11-6-5-7-12(16)9(11)2/h5-7,13H,4,8,18H2,1-3H3. The van der Waals surface area contributed by atoms with Gasteiger partial charge >= 0.3 is 0 Å². The van der Waals surface area contributed by atoms with Crippen LogP contribution in [0.5, 0.6) is 0 Å². The first-order valence-corrected chi connectivity index (χ1v) is 7.85. The van der Waals surface area contributed by atoms with Crippen molar-refractivity contribution in [2.45, 2.75) is 39.8 Å². The lowest BCUT2D eigenvalue weighted by Gasteiger charge is -2.16. The Morgan fingerprint density at radius 2 is 2.10 bits per heavy atom. The van der Waals surface area contributed by atoms with E-state index in [1.165, 1.54) is 5.56 Å². The van der Waals surface area contributed by atoms with Gasteiger partial charge in [-0.2, -0.15) is 5.10 Å². The molecule has 0 aliphatic carbocycles. The summed E-state index contributed by atoms with van der Waals surface area (Å²) < 4.78 is 3.02. The van der Waals surface area contributed by atoms with Crippen LogP contribution in [0.15, 0.2) is 22.7 Å². The van der Waals surface area contributed by atoms with Gasteiger partial charge in [-0.3, -0.25) is 4.68 Å². The molecule has 20 heavy (non-hydrogen) atoms. The highest BCUT2D eigenvalue weighted by Gasteiger charge is 2.18. The molecule has 0 aliphatic heterocycles. The van der Waals surface area contributed by atoms with Gasteiger partial charge in [0.15, 0.2) is 0 Å². The van der Waals surface area contributed by atoms with Crippen LogP contribution in [0.1, 0.15) is 35.5 Å². The molecule has 3 nitrogen and oxygen atoms in total. The molecule has 0 saturated carbocycles. The van der Waals surface area contributed by atoms with Gasteiger partial charge in [-0.1, -0.05) is 39.7 Å². The molecule has 1 heterocycles. The second kappa shape index (κ2) is 6.29. The molecule has 0 radical (unpaired) electrons. The average Bonchev–Trinajstić information content (AvgIpc) is 2.69. The first-order chi connectivity index (χ1) is 9.45. The molecule has 1 aromatic carbocycles. The Morgan fingerprint density at radius 3 is 2.75 bits per heavy atom. The Morgan fingerprint density at radius 1 is 1.40 bits per heavy atom. The number of hydrogen-bond acceptors (Lipinski definition) is 2. The van der Waals surface area contributed by atoms with Crippen molar-refractivity contribution in [3.05, 3.63) is 50.2 Å². The van der Waals surface area contributed by atoms with E-state index in [-0.39, 0.29) is 6.04 Å². The highest BCUT2D eigenvalue weighted by molar-refractivity contribution is 9.10. The Bertz CT molecular complexity index is 622. The number of aryl methyl sites for hydroxylation is 2. The first kappa shape index (κ1) is 15.5. The summed E-state index contributed by atoms with van der Waals surface area (Å²) in [6.07, 6.45) is 0.685. The highest BCUT2D eigenvalue weighted by atomic mass is 79.9. The molecule has 0 spiro atoms. The molecule has 0 aliphatic rings. The van der Waals surface area contributed by atoms with Crippen molar-refractivity contribution in [2.75, 3.05) is 0 Å². The molecule has 2 aromatic rings. The van der Waals surface area contributed by atoms with Gasteiger partial charge in [0.1, 0.15) is 0 Å². The lowest BCUT2D eigenvalue weighted by atomic mass is 9.98. The normalized spacial score (nSPS) is 12.7. The van der Waals surface area contributed by atoms with Crippen molar-refractivity contribution >= 4 is 27.5 Å². The molecule has 0 bridgehead atoms. The minimum Gasteiger partial charge on any atom is -0.324 e. The second-order valence-electron chi connectivity index (χ2n) is 4.93. The fourth-order valence-electron chi connectivity index (χ4n) is 2.41.